The third-order valence-corrected chi connectivity index (χ3v) is 6.93. The summed E-state index contributed by atoms with van der Waals surface area (Å²) in [7, 11) is 1.60. The summed E-state index contributed by atoms with van der Waals surface area (Å²) in [6.07, 6.45) is 0.738. The highest BCUT2D eigenvalue weighted by molar-refractivity contribution is 6.46. The Labute approximate surface area is 210 Å². The number of aliphatic hydroxyl groups excluding tert-OH is 1. The monoisotopic (exact) mass is 483 g/mol. The van der Waals surface area contributed by atoms with Gasteiger partial charge in [-0.05, 0) is 58.5 Å². The molecule has 184 valence electrons. The molecule has 1 amide bonds. The van der Waals surface area contributed by atoms with E-state index in [2.05, 4.69) is 13.8 Å². The molecule has 5 rings (SSSR count). The molecule has 2 aliphatic heterocycles. The number of rotatable bonds is 6. The number of amides is 1. The van der Waals surface area contributed by atoms with E-state index in [1.54, 1.807) is 19.2 Å². The second kappa shape index (κ2) is 9.53. The molecule has 2 aliphatic rings. The molecule has 6 heteroatoms. The van der Waals surface area contributed by atoms with Crippen LogP contribution in [0.2, 0.25) is 0 Å². The number of Topliss-reactive ketones (excluding diaryl/α,β-unsaturated/α-hetero) is 1. The Hall–Kier alpha value is -4.06. The van der Waals surface area contributed by atoms with Crippen molar-refractivity contribution < 1.29 is 24.2 Å². The molecule has 0 bridgehead atoms. The molecular weight excluding hydrogens is 454 g/mol. The number of aliphatic hydroxyl groups is 1. The molecular formula is C30H29NO5. The van der Waals surface area contributed by atoms with Gasteiger partial charge in [0.15, 0.2) is 0 Å². The van der Waals surface area contributed by atoms with Crippen LogP contribution in [0.3, 0.4) is 0 Å². The number of benzene rings is 3. The van der Waals surface area contributed by atoms with Crippen LogP contribution < -0.4 is 9.47 Å². The first kappa shape index (κ1) is 23.7. The van der Waals surface area contributed by atoms with Crippen molar-refractivity contribution in [3.63, 3.8) is 0 Å². The number of likely N-dealkylation sites (tertiary alicyclic amines) is 1. The van der Waals surface area contributed by atoms with E-state index in [1.807, 2.05) is 54.6 Å². The van der Waals surface area contributed by atoms with Gasteiger partial charge in [0.05, 0.1) is 25.3 Å². The lowest BCUT2D eigenvalue weighted by Crippen LogP contribution is -2.29. The molecule has 0 aliphatic carbocycles. The van der Waals surface area contributed by atoms with E-state index < -0.39 is 17.7 Å². The summed E-state index contributed by atoms with van der Waals surface area (Å²) in [6, 6.07) is 20.0. The first-order valence-corrected chi connectivity index (χ1v) is 12.1. The number of ketones is 1. The van der Waals surface area contributed by atoms with Crippen LogP contribution in [0.25, 0.3) is 5.76 Å². The van der Waals surface area contributed by atoms with Crippen molar-refractivity contribution in [1.82, 2.24) is 4.90 Å². The van der Waals surface area contributed by atoms with Crippen molar-refractivity contribution >= 4 is 17.4 Å². The van der Waals surface area contributed by atoms with Crippen molar-refractivity contribution in [2.75, 3.05) is 13.7 Å². The van der Waals surface area contributed by atoms with Crippen LogP contribution >= 0.6 is 0 Å². The van der Waals surface area contributed by atoms with Gasteiger partial charge >= 0.3 is 0 Å². The largest absolute Gasteiger partial charge is 0.507 e. The molecule has 36 heavy (non-hydrogen) atoms. The first-order valence-electron chi connectivity index (χ1n) is 12.1. The van der Waals surface area contributed by atoms with E-state index in [4.69, 9.17) is 9.47 Å². The van der Waals surface area contributed by atoms with Gasteiger partial charge in [-0.3, -0.25) is 9.59 Å². The Bertz CT molecular complexity index is 1340. The standard InChI is InChI=1S/C30H29NO5/c1-18(2)20-6-8-21(9-7-20)27-26(28(32)23-10-13-25-22(16-23)14-15-36-25)29(33)30(34)31(27)17-19-4-11-24(35-3)12-5-19/h4-13,16,18,27,32H,14-15,17H2,1-3H3/b28-26-. The number of carbonyl (C=O) groups excluding carboxylic acids is 2. The van der Waals surface area contributed by atoms with Crippen LogP contribution in [0.4, 0.5) is 0 Å². The number of nitrogens with zero attached hydrogens (tertiary/aromatic N) is 1. The van der Waals surface area contributed by atoms with Gasteiger partial charge in [-0.25, -0.2) is 0 Å². The van der Waals surface area contributed by atoms with Gasteiger partial charge in [0.25, 0.3) is 11.7 Å². The maximum atomic E-state index is 13.4. The Morgan fingerprint density at radius 2 is 1.78 bits per heavy atom. The SMILES string of the molecule is COc1ccc(CN2C(=O)C(=O)/C(=C(\O)c3ccc4c(c3)CCO4)C2c2ccc(C(C)C)cc2)cc1. The maximum absolute atomic E-state index is 13.4. The molecule has 1 saturated heterocycles. The minimum absolute atomic E-state index is 0.102. The molecule has 3 aromatic rings. The topological polar surface area (TPSA) is 76.1 Å². The van der Waals surface area contributed by atoms with E-state index >= 15 is 0 Å². The average molecular weight is 484 g/mol. The first-order chi connectivity index (χ1) is 17.4. The second-order valence-corrected chi connectivity index (χ2v) is 9.52. The van der Waals surface area contributed by atoms with Gasteiger partial charge in [0.1, 0.15) is 17.3 Å². The zero-order valence-electron chi connectivity index (χ0n) is 20.7. The number of hydrogen-bond acceptors (Lipinski definition) is 5. The van der Waals surface area contributed by atoms with Crippen LogP contribution in [0.5, 0.6) is 11.5 Å². The quantitative estimate of drug-likeness (QED) is 0.290. The zero-order chi connectivity index (χ0) is 25.4. The normalized spacial score (nSPS) is 18.4. The van der Waals surface area contributed by atoms with Crippen LogP contribution in [-0.2, 0) is 22.6 Å². The van der Waals surface area contributed by atoms with E-state index in [0.29, 0.717) is 23.8 Å². The molecule has 2 heterocycles. The lowest BCUT2D eigenvalue weighted by atomic mass is 9.92. The van der Waals surface area contributed by atoms with Crippen LogP contribution in [0, 0.1) is 0 Å². The molecule has 3 aromatic carbocycles. The van der Waals surface area contributed by atoms with Crippen molar-refractivity contribution in [3.8, 4) is 11.5 Å². The highest BCUT2D eigenvalue weighted by atomic mass is 16.5. The third kappa shape index (κ3) is 4.24. The summed E-state index contributed by atoms with van der Waals surface area (Å²) in [5.74, 6) is 0.358. The Kier molecular flexibility index (Phi) is 6.27. The second-order valence-electron chi connectivity index (χ2n) is 9.52. The molecule has 0 aromatic heterocycles. The van der Waals surface area contributed by atoms with Crippen molar-refractivity contribution in [3.05, 3.63) is 100 Å². The van der Waals surface area contributed by atoms with Gasteiger partial charge in [0.2, 0.25) is 0 Å². The Morgan fingerprint density at radius 3 is 2.44 bits per heavy atom. The molecule has 1 fully saturated rings. The maximum Gasteiger partial charge on any atom is 0.295 e. The highest BCUT2D eigenvalue weighted by Gasteiger charge is 2.46. The fourth-order valence-electron chi connectivity index (χ4n) is 4.87. The summed E-state index contributed by atoms with van der Waals surface area (Å²) < 4.78 is 10.8. The minimum atomic E-state index is -0.710. The summed E-state index contributed by atoms with van der Waals surface area (Å²) in [6.45, 7) is 5.04. The number of fused-ring (bicyclic) bond motifs is 1. The molecule has 0 saturated carbocycles. The smallest absolute Gasteiger partial charge is 0.295 e. The lowest BCUT2D eigenvalue weighted by Gasteiger charge is -2.26. The van der Waals surface area contributed by atoms with Gasteiger partial charge in [-0.2, -0.15) is 0 Å². The Morgan fingerprint density at radius 1 is 1.06 bits per heavy atom. The molecule has 0 radical (unpaired) electrons. The fraction of sp³-hybridized carbons (Fsp3) is 0.267. The summed E-state index contributed by atoms with van der Waals surface area (Å²) in [5.41, 5.74) is 4.37. The average Bonchev–Trinajstić information content (AvgIpc) is 3.46. The highest BCUT2D eigenvalue weighted by Crippen LogP contribution is 2.41. The molecule has 0 spiro atoms. The van der Waals surface area contributed by atoms with Crippen molar-refractivity contribution in [1.29, 1.82) is 0 Å². The predicted octanol–water partition coefficient (Wildman–Crippen LogP) is 5.38. The van der Waals surface area contributed by atoms with Crippen molar-refractivity contribution in [2.45, 2.75) is 38.8 Å². The number of carbonyl (C=O) groups is 2. The lowest BCUT2D eigenvalue weighted by molar-refractivity contribution is -0.140. The third-order valence-electron chi connectivity index (χ3n) is 6.93. The fourth-order valence-corrected chi connectivity index (χ4v) is 4.87. The summed E-state index contributed by atoms with van der Waals surface area (Å²) >= 11 is 0. The predicted molar refractivity (Wildman–Crippen MR) is 137 cm³/mol. The van der Waals surface area contributed by atoms with Gasteiger partial charge in [0, 0.05) is 18.5 Å². The molecule has 1 N–H and O–H groups in total. The van der Waals surface area contributed by atoms with Gasteiger partial charge in [-0.1, -0.05) is 50.2 Å². The molecule has 1 atom stereocenters. The zero-order valence-corrected chi connectivity index (χ0v) is 20.7. The summed E-state index contributed by atoms with van der Waals surface area (Å²) in [5, 5.41) is 11.4. The molecule has 6 nitrogen and oxygen atoms in total. The van der Waals surface area contributed by atoms with Crippen molar-refractivity contribution in [2.24, 2.45) is 0 Å². The van der Waals surface area contributed by atoms with Gasteiger partial charge in [-0.15, -0.1) is 0 Å². The van der Waals surface area contributed by atoms with E-state index in [1.165, 1.54) is 4.90 Å². The van der Waals surface area contributed by atoms with Crippen LogP contribution in [0.1, 0.15) is 53.6 Å². The molecule has 1 unspecified atom stereocenters. The summed E-state index contributed by atoms with van der Waals surface area (Å²) in [4.78, 5) is 28.2. The number of hydrogen-bond donors (Lipinski definition) is 1. The van der Waals surface area contributed by atoms with Crippen LogP contribution in [0.15, 0.2) is 72.3 Å². The van der Waals surface area contributed by atoms with E-state index in [0.717, 1.165) is 34.4 Å². The number of ether oxygens (including phenoxy) is 2. The minimum Gasteiger partial charge on any atom is -0.507 e. The number of methoxy groups -OCH3 is 1. The van der Waals surface area contributed by atoms with E-state index in [9.17, 15) is 14.7 Å². The van der Waals surface area contributed by atoms with E-state index in [-0.39, 0.29) is 17.9 Å². The Balaban J connectivity index is 1.60. The van der Waals surface area contributed by atoms with Crippen LogP contribution in [-0.4, -0.2) is 35.4 Å². The van der Waals surface area contributed by atoms with Gasteiger partial charge < -0.3 is 19.5 Å².